The number of carbonyl (C=O) groups is 2. The van der Waals surface area contributed by atoms with Crippen LogP contribution in [0, 0.1) is 0 Å². The van der Waals surface area contributed by atoms with Crippen LogP contribution in [0.25, 0.3) is 5.69 Å². The maximum absolute atomic E-state index is 12.8. The van der Waals surface area contributed by atoms with Crippen molar-refractivity contribution in [3.63, 3.8) is 0 Å². The summed E-state index contributed by atoms with van der Waals surface area (Å²) in [5, 5.41) is 2.99. The number of aromatic nitrogens is 2. The summed E-state index contributed by atoms with van der Waals surface area (Å²) in [5.41, 5.74) is 2.66. The Morgan fingerprint density at radius 2 is 1.93 bits per heavy atom. The van der Waals surface area contributed by atoms with Crippen LogP contribution >= 0.6 is 0 Å². The maximum atomic E-state index is 12.8. The van der Waals surface area contributed by atoms with E-state index in [2.05, 4.69) is 10.3 Å². The quantitative estimate of drug-likeness (QED) is 0.743. The van der Waals surface area contributed by atoms with Gasteiger partial charge in [0.2, 0.25) is 5.91 Å². The van der Waals surface area contributed by atoms with E-state index in [4.69, 9.17) is 4.74 Å². The lowest BCUT2D eigenvalue weighted by atomic mass is 10.1. The lowest BCUT2D eigenvalue weighted by Gasteiger charge is -2.34. The Morgan fingerprint density at radius 3 is 2.62 bits per heavy atom. The number of hydrogen-bond donors (Lipinski definition) is 1. The Hall–Kier alpha value is -3.61. The monoisotopic (exact) mass is 390 g/mol. The van der Waals surface area contributed by atoms with Gasteiger partial charge >= 0.3 is 0 Å². The van der Waals surface area contributed by atoms with Gasteiger partial charge in [-0.1, -0.05) is 24.3 Å². The number of anilines is 1. The second-order valence-corrected chi connectivity index (χ2v) is 7.00. The Kier molecular flexibility index (Phi) is 5.03. The van der Waals surface area contributed by atoms with E-state index in [1.807, 2.05) is 60.2 Å². The third-order valence-corrected chi connectivity index (χ3v) is 5.00. The first-order valence-electron chi connectivity index (χ1n) is 9.45. The van der Waals surface area contributed by atoms with Gasteiger partial charge in [-0.25, -0.2) is 4.98 Å². The van der Waals surface area contributed by atoms with Gasteiger partial charge in [0, 0.05) is 25.0 Å². The van der Waals surface area contributed by atoms with Crippen LogP contribution in [-0.2, 0) is 9.59 Å². The van der Waals surface area contributed by atoms with E-state index in [-0.39, 0.29) is 24.4 Å². The first kappa shape index (κ1) is 18.7. The van der Waals surface area contributed by atoms with Gasteiger partial charge in [0.1, 0.15) is 5.75 Å². The molecule has 0 saturated carbocycles. The van der Waals surface area contributed by atoms with E-state index in [0.717, 1.165) is 11.3 Å². The molecule has 1 aliphatic heterocycles. The Morgan fingerprint density at radius 1 is 1.17 bits per heavy atom. The SMILES string of the molecule is CC(=O)N1CC(C(=O)NC(C)c2ccc(-n3ccnc3)cc2)Oc2ccccc21. The predicted molar refractivity (Wildman–Crippen MR) is 109 cm³/mol. The second-order valence-electron chi connectivity index (χ2n) is 7.00. The van der Waals surface area contributed by atoms with Crippen LogP contribution in [-0.4, -0.2) is 34.0 Å². The number of rotatable bonds is 4. The summed E-state index contributed by atoms with van der Waals surface area (Å²) in [5.74, 6) is 0.157. The van der Waals surface area contributed by atoms with Crippen LogP contribution in [0.4, 0.5) is 5.69 Å². The zero-order valence-corrected chi connectivity index (χ0v) is 16.3. The van der Waals surface area contributed by atoms with E-state index in [1.54, 1.807) is 23.5 Å². The van der Waals surface area contributed by atoms with Crippen LogP contribution in [0.15, 0.2) is 67.3 Å². The zero-order valence-electron chi connectivity index (χ0n) is 16.3. The van der Waals surface area contributed by atoms with E-state index < -0.39 is 6.10 Å². The molecule has 0 spiro atoms. The van der Waals surface area contributed by atoms with Gasteiger partial charge in [-0.2, -0.15) is 0 Å². The van der Waals surface area contributed by atoms with E-state index >= 15 is 0 Å². The Bertz CT molecular complexity index is 1010. The van der Waals surface area contributed by atoms with Crippen LogP contribution in [0.5, 0.6) is 5.75 Å². The molecule has 29 heavy (non-hydrogen) atoms. The van der Waals surface area contributed by atoms with Crippen molar-refractivity contribution in [3.05, 3.63) is 72.8 Å². The first-order valence-corrected chi connectivity index (χ1v) is 9.45. The second kappa shape index (κ2) is 7.79. The van der Waals surface area contributed by atoms with Crippen molar-refractivity contribution in [2.24, 2.45) is 0 Å². The third-order valence-electron chi connectivity index (χ3n) is 5.00. The summed E-state index contributed by atoms with van der Waals surface area (Å²) in [6.45, 7) is 3.59. The summed E-state index contributed by atoms with van der Waals surface area (Å²) in [4.78, 5) is 30.5. The number of carbonyl (C=O) groups excluding carboxylic acids is 2. The standard InChI is InChI=1S/C22H22N4O3/c1-15(17-7-9-18(10-8-17)25-12-11-23-14-25)24-22(28)21-13-26(16(2)27)19-5-3-4-6-20(19)29-21/h3-12,14-15,21H,13H2,1-2H3,(H,24,28). The lowest BCUT2D eigenvalue weighted by molar-refractivity contribution is -0.129. The van der Waals surface area contributed by atoms with Crippen molar-refractivity contribution in [2.45, 2.75) is 26.0 Å². The number of hydrogen-bond acceptors (Lipinski definition) is 4. The highest BCUT2D eigenvalue weighted by molar-refractivity contribution is 5.95. The predicted octanol–water partition coefficient (Wildman–Crippen LogP) is 2.86. The van der Waals surface area contributed by atoms with Crippen LogP contribution in [0.1, 0.15) is 25.5 Å². The summed E-state index contributed by atoms with van der Waals surface area (Å²) in [6, 6.07) is 14.9. The zero-order chi connectivity index (χ0) is 20.4. The molecule has 0 radical (unpaired) electrons. The minimum absolute atomic E-state index is 0.123. The minimum Gasteiger partial charge on any atom is -0.477 e. The fraction of sp³-hybridized carbons (Fsp3) is 0.227. The van der Waals surface area contributed by atoms with Crippen molar-refractivity contribution in [1.82, 2.24) is 14.9 Å². The number of nitrogens with one attached hydrogen (secondary N) is 1. The average molecular weight is 390 g/mol. The van der Waals surface area contributed by atoms with Gasteiger partial charge in [-0.05, 0) is 36.8 Å². The Balaban J connectivity index is 1.45. The fourth-order valence-electron chi connectivity index (χ4n) is 3.41. The maximum Gasteiger partial charge on any atom is 0.263 e. The number of fused-ring (bicyclic) bond motifs is 1. The summed E-state index contributed by atoms with van der Waals surface area (Å²) < 4.78 is 7.78. The van der Waals surface area contributed by atoms with Crippen molar-refractivity contribution >= 4 is 17.5 Å². The van der Waals surface area contributed by atoms with Crippen molar-refractivity contribution in [2.75, 3.05) is 11.4 Å². The number of benzene rings is 2. The molecule has 1 aliphatic rings. The normalized spacial score (nSPS) is 16.5. The molecular formula is C22H22N4O3. The van der Waals surface area contributed by atoms with Crippen molar-refractivity contribution in [3.8, 4) is 11.4 Å². The van der Waals surface area contributed by atoms with E-state index in [9.17, 15) is 9.59 Å². The summed E-state index contributed by atoms with van der Waals surface area (Å²) in [6.07, 6.45) is 4.57. The van der Waals surface area contributed by atoms with Gasteiger partial charge in [0.25, 0.3) is 5.91 Å². The highest BCUT2D eigenvalue weighted by atomic mass is 16.5. The molecule has 0 saturated heterocycles. The molecule has 4 rings (SSSR count). The average Bonchev–Trinajstić information content (AvgIpc) is 3.27. The van der Waals surface area contributed by atoms with Gasteiger partial charge < -0.3 is 19.5 Å². The molecule has 2 aromatic carbocycles. The lowest BCUT2D eigenvalue weighted by Crippen LogP contribution is -2.50. The number of ether oxygens (including phenoxy) is 1. The largest absolute Gasteiger partial charge is 0.477 e. The van der Waals surface area contributed by atoms with Gasteiger partial charge in [-0.15, -0.1) is 0 Å². The highest BCUT2D eigenvalue weighted by Gasteiger charge is 2.33. The molecule has 0 aliphatic carbocycles. The number of amides is 2. The molecule has 0 bridgehead atoms. The smallest absolute Gasteiger partial charge is 0.263 e. The Labute approximate surface area is 168 Å². The summed E-state index contributed by atoms with van der Waals surface area (Å²) in [7, 11) is 0. The minimum atomic E-state index is -0.763. The molecule has 1 N–H and O–H groups in total. The highest BCUT2D eigenvalue weighted by Crippen LogP contribution is 2.33. The topological polar surface area (TPSA) is 76.5 Å². The van der Waals surface area contributed by atoms with E-state index in [0.29, 0.717) is 11.4 Å². The number of imidazole rings is 1. The van der Waals surface area contributed by atoms with Crippen LogP contribution in [0.3, 0.4) is 0 Å². The molecule has 2 heterocycles. The molecular weight excluding hydrogens is 368 g/mol. The van der Waals surface area contributed by atoms with Crippen LogP contribution in [0.2, 0.25) is 0 Å². The molecule has 3 aromatic rings. The molecule has 2 amide bonds. The summed E-state index contributed by atoms with van der Waals surface area (Å²) >= 11 is 0. The number of nitrogens with zero attached hydrogens (tertiary/aromatic N) is 3. The van der Waals surface area contributed by atoms with Crippen molar-refractivity contribution in [1.29, 1.82) is 0 Å². The molecule has 2 unspecified atom stereocenters. The van der Waals surface area contributed by atoms with Gasteiger partial charge in [-0.3, -0.25) is 9.59 Å². The van der Waals surface area contributed by atoms with Gasteiger partial charge in [0.05, 0.1) is 24.6 Å². The van der Waals surface area contributed by atoms with Gasteiger partial charge in [0.15, 0.2) is 6.10 Å². The molecule has 7 heteroatoms. The van der Waals surface area contributed by atoms with Crippen molar-refractivity contribution < 1.29 is 14.3 Å². The van der Waals surface area contributed by atoms with Crippen LogP contribution < -0.4 is 15.0 Å². The molecule has 7 nitrogen and oxygen atoms in total. The molecule has 1 aromatic heterocycles. The number of para-hydroxylation sites is 2. The fourth-order valence-corrected chi connectivity index (χ4v) is 3.41. The molecule has 0 fully saturated rings. The van der Waals surface area contributed by atoms with E-state index in [1.165, 1.54) is 6.92 Å². The first-order chi connectivity index (χ1) is 14.0. The third kappa shape index (κ3) is 3.85. The molecule has 2 atom stereocenters. The molecule has 148 valence electrons.